The van der Waals surface area contributed by atoms with Gasteiger partial charge in [0.15, 0.2) is 0 Å². The van der Waals surface area contributed by atoms with Crippen molar-refractivity contribution in [2.24, 2.45) is 0 Å². The minimum absolute atomic E-state index is 0.240. The minimum Gasteiger partial charge on any atom is -0.480 e. The Labute approximate surface area is 64.8 Å². The Hall–Kier alpha value is -0.220. The molecule has 0 saturated carbocycles. The van der Waals surface area contributed by atoms with Gasteiger partial charge in [-0.3, -0.25) is 4.79 Å². The standard InChI is InChI=1S/C6H12O3S/c1-6(10-3,4-9-2)5(7)8/h4H2,1-3H3,(H,7,8). The van der Waals surface area contributed by atoms with E-state index in [2.05, 4.69) is 0 Å². The highest BCUT2D eigenvalue weighted by Crippen LogP contribution is 2.22. The largest absolute Gasteiger partial charge is 0.480 e. The summed E-state index contributed by atoms with van der Waals surface area (Å²) in [5.41, 5.74) is 0. The van der Waals surface area contributed by atoms with Gasteiger partial charge in [-0.05, 0) is 13.2 Å². The molecule has 60 valence electrons. The summed E-state index contributed by atoms with van der Waals surface area (Å²) in [6, 6.07) is 0. The van der Waals surface area contributed by atoms with E-state index in [1.165, 1.54) is 18.9 Å². The van der Waals surface area contributed by atoms with Gasteiger partial charge in [0, 0.05) is 7.11 Å². The quantitative estimate of drug-likeness (QED) is 0.668. The van der Waals surface area contributed by atoms with E-state index in [9.17, 15) is 4.79 Å². The number of aliphatic carboxylic acids is 1. The Balaban J connectivity index is 4.08. The van der Waals surface area contributed by atoms with Crippen LogP contribution in [0.1, 0.15) is 6.92 Å². The molecule has 0 aromatic carbocycles. The van der Waals surface area contributed by atoms with Crippen molar-refractivity contribution in [1.82, 2.24) is 0 Å². The van der Waals surface area contributed by atoms with Crippen molar-refractivity contribution in [3.63, 3.8) is 0 Å². The van der Waals surface area contributed by atoms with Gasteiger partial charge in [-0.2, -0.15) is 0 Å². The third-order valence-electron chi connectivity index (χ3n) is 1.32. The number of carboxylic acid groups (broad SMARTS) is 1. The summed E-state index contributed by atoms with van der Waals surface area (Å²) < 4.78 is 3.96. The molecule has 1 unspecified atom stereocenters. The van der Waals surface area contributed by atoms with Crippen molar-refractivity contribution < 1.29 is 14.6 Å². The maximum absolute atomic E-state index is 10.5. The lowest BCUT2D eigenvalue weighted by molar-refractivity contribution is -0.140. The highest BCUT2D eigenvalue weighted by atomic mass is 32.2. The first-order valence-electron chi connectivity index (χ1n) is 2.84. The topological polar surface area (TPSA) is 46.5 Å². The highest BCUT2D eigenvalue weighted by Gasteiger charge is 2.31. The van der Waals surface area contributed by atoms with Crippen LogP contribution in [-0.4, -0.2) is 35.8 Å². The molecule has 0 aliphatic heterocycles. The van der Waals surface area contributed by atoms with Crippen LogP contribution in [0.5, 0.6) is 0 Å². The summed E-state index contributed by atoms with van der Waals surface area (Å²) in [6.45, 7) is 1.88. The van der Waals surface area contributed by atoms with Gasteiger partial charge >= 0.3 is 5.97 Å². The van der Waals surface area contributed by atoms with E-state index in [0.717, 1.165) is 0 Å². The van der Waals surface area contributed by atoms with Crippen molar-refractivity contribution in [2.45, 2.75) is 11.7 Å². The van der Waals surface area contributed by atoms with E-state index < -0.39 is 10.7 Å². The van der Waals surface area contributed by atoms with E-state index >= 15 is 0 Å². The molecule has 0 bridgehead atoms. The molecule has 1 atom stereocenters. The van der Waals surface area contributed by atoms with Crippen LogP contribution in [0.3, 0.4) is 0 Å². The lowest BCUT2D eigenvalue weighted by Crippen LogP contribution is -2.35. The molecule has 0 saturated heterocycles. The van der Waals surface area contributed by atoms with Gasteiger partial charge in [0.05, 0.1) is 6.61 Å². The van der Waals surface area contributed by atoms with Crippen LogP contribution in [0.15, 0.2) is 0 Å². The number of rotatable bonds is 4. The van der Waals surface area contributed by atoms with Crippen LogP contribution in [0.25, 0.3) is 0 Å². The molecule has 0 heterocycles. The van der Waals surface area contributed by atoms with Gasteiger partial charge in [0.1, 0.15) is 4.75 Å². The zero-order chi connectivity index (χ0) is 8.20. The van der Waals surface area contributed by atoms with Crippen molar-refractivity contribution in [1.29, 1.82) is 0 Å². The summed E-state index contributed by atoms with van der Waals surface area (Å²) in [6.07, 6.45) is 1.76. The predicted molar refractivity (Wildman–Crippen MR) is 41.4 cm³/mol. The summed E-state index contributed by atoms with van der Waals surface area (Å²) in [5.74, 6) is -0.832. The van der Waals surface area contributed by atoms with Crippen LogP contribution < -0.4 is 0 Å². The number of carboxylic acids is 1. The molecular weight excluding hydrogens is 152 g/mol. The summed E-state index contributed by atoms with van der Waals surface area (Å²) in [5, 5.41) is 8.66. The fourth-order valence-corrected chi connectivity index (χ4v) is 0.894. The molecule has 0 amide bonds. The van der Waals surface area contributed by atoms with E-state index in [4.69, 9.17) is 9.84 Å². The van der Waals surface area contributed by atoms with Crippen molar-refractivity contribution in [3.05, 3.63) is 0 Å². The van der Waals surface area contributed by atoms with E-state index in [-0.39, 0.29) is 6.61 Å². The second-order valence-electron chi connectivity index (χ2n) is 2.17. The smallest absolute Gasteiger partial charge is 0.321 e. The van der Waals surface area contributed by atoms with Crippen molar-refractivity contribution >= 4 is 17.7 Å². The summed E-state index contributed by atoms with van der Waals surface area (Å²) in [7, 11) is 1.50. The molecule has 0 aliphatic rings. The molecule has 1 N–H and O–H groups in total. The molecule has 0 aromatic heterocycles. The number of thioether (sulfide) groups is 1. The first-order valence-corrected chi connectivity index (χ1v) is 4.07. The van der Waals surface area contributed by atoms with E-state index in [1.807, 2.05) is 0 Å². The minimum atomic E-state index is -0.832. The Bertz CT molecular complexity index is 126. The number of methoxy groups -OCH3 is 1. The third-order valence-corrected chi connectivity index (χ3v) is 2.52. The molecule has 0 fully saturated rings. The van der Waals surface area contributed by atoms with Crippen LogP contribution in [0.4, 0.5) is 0 Å². The van der Waals surface area contributed by atoms with Gasteiger partial charge in [-0.15, -0.1) is 11.8 Å². The maximum Gasteiger partial charge on any atom is 0.321 e. The number of carbonyl (C=O) groups is 1. The summed E-state index contributed by atoms with van der Waals surface area (Å²) in [4.78, 5) is 10.5. The Kier molecular flexibility index (Phi) is 3.75. The monoisotopic (exact) mass is 164 g/mol. The second-order valence-corrected chi connectivity index (χ2v) is 3.48. The molecule has 3 nitrogen and oxygen atoms in total. The molecule has 0 aromatic rings. The number of hydrogen-bond donors (Lipinski definition) is 1. The average molecular weight is 164 g/mol. The Morgan fingerprint density at radius 1 is 1.80 bits per heavy atom. The van der Waals surface area contributed by atoms with Crippen molar-refractivity contribution in [3.8, 4) is 0 Å². The Morgan fingerprint density at radius 3 is 2.40 bits per heavy atom. The first kappa shape index (κ1) is 9.78. The van der Waals surface area contributed by atoms with Gasteiger partial charge in [0.2, 0.25) is 0 Å². The van der Waals surface area contributed by atoms with E-state index in [0.29, 0.717) is 0 Å². The van der Waals surface area contributed by atoms with Crippen LogP contribution in [-0.2, 0) is 9.53 Å². The van der Waals surface area contributed by atoms with Crippen molar-refractivity contribution in [2.75, 3.05) is 20.0 Å². The Morgan fingerprint density at radius 2 is 2.30 bits per heavy atom. The molecule has 0 spiro atoms. The number of ether oxygens (including phenoxy) is 1. The highest BCUT2D eigenvalue weighted by molar-refractivity contribution is 8.00. The maximum atomic E-state index is 10.5. The molecule has 4 heteroatoms. The third kappa shape index (κ3) is 2.19. The normalized spacial score (nSPS) is 16.3. The second kappa shape index (κ2) is 3.83. The van der Waals surface area contributed by atoms with Gasteiger partial charge in [-0.1, -0.05) is 0 Å². The SMILES string of the molecule is COCC(C)(SC)C(=O)O. The first-order chi connectivity index (χ1) is 4.56. The van der Waals surface area contributed by atoms with Gasteiger partial charge in [-0.25, -0.2) is 0 Å². The lowest BCUT2D eigenvalue weighted by Gasteiger charge is -2.20. The zero-order valence-corrected chi connectivity index (χ0v) is 7.20. The molecule has 10 heavy (non-hydrogen) atoms. The fraction of sp³-hybridized carbons (Fsp3) is 0.833. The molecule has 0 radical (unpaired) electrons. The summed E-state index contributed by atoms with van der Waals surface area (Å²) >= 11 is 1.28. The van der Waals surface area contributed by atoms with Crippen LogP contribution in [0, 0.1) is 0 Å². The van der Waals surface area contributed by atoms with E-state index in [1.54, 1.807) is 13.2 Å². The molecule has 0 rings (SSSR count). The molecule has 0 aliphatic carbocycles. The molecular formula is C6H12O3S. The number of hydrogen-bond acceptors (Lipinski definition) is 3. The average Bonchev–Trinajstić information content (AvgIpc) is 1.88. The van der Waals surface area contributed by atoms with Gasteiger partial charge < -0.3 is 9.84 Å². The zero-order valence-electron chi connectivity index (χ0n) is 6.38. The van der Waals surface area contributed by atoms with Crippen LogP contribution >= 0.6 is 11.8 Å². The lowest BCUT2D eigenvalue weighted by atomic mass is 10.2. The van der Waals surface area contributed by atoms with Gasteiger partial charge in [0.25, 0.3) is 0 Å². The fourth-order valence-electron chi connectivity index (χ4n) is 0.483. The van der Waals surface area contributed by atoms with Crippen LogP contribution in [0.2, 0.25) is 0 Å². The predicted octanol–water partition coefficient (Wildman–Crippen LogP) is 0.839.